The zero-order valence-electron chi connectivity index (χ0n) is 15.4. The number of piperazine rings is 1. The second kappa shape index (κ2) is 8.19. The molecular formula is C21H20N6S. The fourth-order valence-corrected chi connectivity index (χ4v) is 3.61. The molecule has 0 amide bonds. The molecule has 4 rings (SSSR count). The molecule has 3 aromatic rings. The molecule has 7 heteroatoms. The predicted octanol–water partition coefficient (Wildman–Crippen LogP) is 2.70. The van der Waals surface area contributed by atoms with Crippen LogP contribution in [0.15, 0.2) is 54.9 Å². The SMILES string of the molecule is N#Cc1ccc(CNC(=S)N2CCN(c3ncnc4ccccc34)CC2)cc1. The summed E-state index contributed by atoms with van der Waals surface area (Å²) in [4.78, 5) is 13.4. The Morgan fingerprint density at radius 1 is 1.04 bits per heavy atom. The Hall–Kier alpha value is -3.24. The van der Waals surface area contributed by atoms with Gasteiger partial charge < -0.3 is 15.1 Å². The zero-order valence-corrected chi connectivity index (χ0v) is 16.2. The van der Waals surface area contributed by atoms with Crippen molar-refractivity contribution in [1.29, 1.82) is 5.26 Å². The number of nitrogens with one attached hydrogen (secondary N) is 1. The average Bonchev–Trinajstić information content (AvgIpc) is 2.77. The number of para-hydroxylation sites is 1. The fraction of sp³-hybridized carbons (Fsp3) is 0.238. The molecule has 0 radical (unpaired) electrons. The van der Waals surface area contributed by atoms with E-state index in [2.05, 4.69) is 37.2 Å². The topological polar surface area (TPSA) is 68.1 Å². The molecule has 6 nitrogen and oxygen atoms in total. The first-order chi connectivity index (χ1) is 13.7. The van der Waals surface area contributed by atoms with Gasteiger partial charge in [0.25, 0.3) is 0 Å². The molecule has 2 aromatic carbocycles. The van der Waals surface area contributed by atoms with Gasteiger partial charge in [-0.1, -0.05) is 24.3 Å². The van der Waals surface area contributed by atoms with Crippen LogP contribution in [0.4, 0.5) is 5.82 Å². The summed E-state index contributed by atoms with van der Waals surface area (Å²) < 4.78 is 0. The molecule has 1 aliphatic heterocycles. The number of nitrogens with zero attached hydrogens (tertiary/aromatic N) is 5. The van der Waals surface area contributed by atoms with Gasteiger partial charge in [0, 0.05) is 38.1 Å². The summed E-state index contributed by atoms with van der Waals surface area (Å²) >= 11 is 5.57. The van der Waals surface area contributed by atoms with Gasteiger partial charge in [-0.15, -0.1) is 0 Å². The average molecular weight is 389 g/mol. The maximum absolute atomic E-state index is 8.87. The number of anilines is 1. The van der Waals surface area contributed by atoms with Crippen molar-refractivity contribution >= 4 is 34.1 Å². The Morgan fingerprint density at radius 3 is 2.54 bits per heavy atom. The molecule has 0 saturated carbocycles. The van der Waals surface area contributed by atoms with E-state index < -0.39 is 0 Å². The van der Waals surface area contributed by atoms with Crippen LogP contribution >= 0.6 is 12.2 Å². The van der Waals surface area contributed by atoms with Gasteiger partial charge in [0.1, 0.15) is 12.1 Å². The van der Waals surface area contributed by atoms with Crippen LogP contribution in [-0.4, -0.2) is 46.2 Å². The lowest BCUT2D eigenvalue weighted by atomic mass is 10.1. The summed E-state index contributed by atoms with van der Waals surface area (Å²) in [5, 5.41) is 14.0. The van der Waals surface area contributed by atoms with Crippen LogP contribution in [0, 0.1) is 11.3 Å². The van der Waals surface area contributed by atoms with Gasteiger partial charge in [-0.3, -0.25) is 0 Å². The minimum absolute atomic E-state index is 0.654. The quantitative estimate of drug-likeness (QED) is 0.692. The van der Waals surface area contributed by atoms with Crippen molar-refractivity contribution in [2.45, 2.75) is 6.54 Å². The zero-order chi connectivity index (χ0) is 19.3. The van der Waals surface area contributed by atoms with E-state index in [1.807, 2.05) is 42.5 Å². The molecule has 0 spiro atoms. The van der Waals surface area contributed by atoms with E-state index in [4.69, 9.17) is 17.5 Å². The largest absolute Gasteiger partial charge is 0.358 e. The van der Waals surface area contributed by atoms with Crippen molar-refractivity contribution in [2.75, 3.05) is 31.1 Å². The Balaban J connectivity index is 1.34. The molecule has 1 aromatic heterocycles. The maximum atomic E-state index is 8.87. The maximum Gasteiger partial charge on any atom is 0.169 e. The van der Waals surface area contributed by atoms with Crippen molar-refractivity contribution in [1.82, 2.24) is 20.2 Å². The number of aromatic nitrogens is 2. The molecule has 0 bridgehead atoms. The van der Waals surface area contributed by atoms with Crippen LogP contribution in [0.5, 0.6) is 0 Å². The molecular weight excluding hydrogens is 368 g/mol. The summed E-state index contributed by atoms with van der Waals surface area (Å²) in [5.41, 5.74) is 2.74. The van der Waals surface area contributed by atoms with Crippen molar-refractivity contribution < 1.29 is 0 Å². The van der Waals surface area contributed by atoms with Crippen LogP contribution in [0.1, 0.15) is 11.1 Å². The summed E-state index contributed by atoms with van der Waals surface area (Å²) in [6.07, 6.45) is 1.63. The summed E-state index contributed by atoms with van der Waals surface area (Å²) in [7, 11) is 0. The minimum atomic E-state index is 0.654. The first-order valence-corrected chi connectivity index (χ1v) is 9.62. The second-order valence-electron chi connectivity index (χ2n) is 6.66. The molecule has 140 valence electrons. The lowest BCUT2D eigenvalue weighted by Crippen LogP contribution is -2.51. The van der Waals surface area contributed by atoms with E-state index in [-0.39, 0.29) is 0 Å². The molecule has 1 saturated heterocycles. The Morgan fingerprint density at radius 2 is 1.79 bits per heavy atom. The lowest BCUT2D eigenvalue weighted by Gasteiger charge is -2.37. The summed E-state index contributed by atoms with van der Waals surface area (Å²) in [6, 6.07) is 17.8. The van der Waals surface area contributed by atoms with E-state index >= 15 is 0 Å². The van der Waals surface area contributed by atoms with Crippen LogP contribution in [0.25, 0.3) is 10.9 Å². The third-order valence-electron chi connectivity index (χ3n) is 4.91. The van der Waals surface area contributed by atoms with E-state index in [1.54, 1.807) is 6.33 Å². The highest BCUT2D eigenvalue weighted by Crippen LogP contribution is 2.23. The van der Waals surface area contributed by atoms with Gasteiger partial charge in [-0.25, -0.2) is 9.97 Å². The summed E-state index contributed by atoms with van der Waals surface area (Å²) in [5.74, 6) is 0.988. The minimum Gasteiger partial charge on any atom is -0.358 e. The molecule has 28 heavy (non-hydrogen) atoms. The smallest absolute Gasteiger partial charge is 0.169 e. The summed E-state index contributed by atoms with van der Waals surface area (Å²) in [6.45, 7) is 4.07. The molecule has 0 unspecified atom stereocenters. The standard InChI is InChI=1S/C21H20N6S/c22-13-16-5-7-17(8-6-16)14-23-21(28)27-11-9-26(10-12-27)20-18-3-1-2-4-19(18)24-15-25-20/h1-8,15H,9-12,14H2,(H,23,28). The van der Waals surface area contributed by atoms with Crippen molar-refractivity contribution in [2.24, 2.45) is 0 Å². The number of fused-ring (bicyclic) bond motifs is 1. The number of nitriles is 1. The molecule has 1 aliphatic rings. The van der Waals surface area contributed by atoms with E-state index in [0.717, 1.165) is 53.6 Å². The van der Waals surface area contributed by atoms with Gasteiger partial charge in [-0.05, 0) is 42.0 Å². The molecule has 1 fully saturated rings. The Bertz CT molecular complexity index is 1010. The third kappa shape index (κ3) is 3.87. The van der Waals surface area contributed by atoms with E-state index in [0.29, 0.717) is 12.1 Å². The van der Waals surface area contributed by atoms with Crippen LogP contribution in [0.2, 0.25) is 0 Å². The predicted molar refractivity (Wildman–Crippen MR) is 114 cm³/mol. The number of rotatable bonds is 3. The normalized spacial score (nSPS) is 14.0. The van der Waals surface area contributed by atoms with Crippen molar-refractivity contribution in [3.63, 3.8) is 0 Å². The van der Waals surface area contributed by atoms with E-state index in [9.17, 15) is 0 Å². The van der Waals surface area contributed by atoms with Crippen LogP contribution in [0.3, 0.4) is 0 Å². The van der Waals surface area contributed by atoms with Crippen LogP contribution < -0.4 is 10.2 Å². The highest BCUT2D eigenvalue weighted by molar-refractivity contribution is 7.80. The molecule has 0 atom stereocenters. The number of hydrogen-bond donors (Lipinski definition) is 1. The first kappa shape index (κ1) is 18.1. The monoisotopic (exact) mass is 388 g/mol. The Labute approximate surface area is 169 Å². The third-order valence-corrected chi connectivity index (χ3v) is 5.32. The van der Waals surface area contributed by atoms with Crippen LogP contribution in [-0.2, 0) is 6.54 Å². The second-order valence-corrected chi connectivity index (χ2v) is 7.04. The van der Waals surface area contributed by atoms with Gasteiger partial charge in [0.2, 0.25) is 0 Å². The number of benzene rings is 2. The molecule has 0 aliphatic carbocycles. The van der Waals surface area contributed by atoms with Crippen molar-refractivity contribution in [3.05, 3.63) is 66.0 Å². The highest BCUT2D eigenvalue weighted by Gasteiger charge is 2.21. The Kier molecular flexibility index (Phi) is 5.31. The fourth-order valence-electron chi connectivity index (χ4n) is 3.35. The molecule has 1 N–H and O–H groups in total. The number of hydrogen-bond acceptors (Lipinski definition) is 5. The van der Waals surface area contributed by atoms with Gasteiger partial charge in [0.05, 0.1) is 17.1 Å². The van der Waals surface area contributed by atoms with Gasteiger partial charge >= 0.3 is 0 Å². The van der Waals surface area contributed by atoms with E-state index in [1.165, 1.54) is 0 Å². The van der Waals surface area contributed by atoms with Crippen molar-refractivity contribution in [3.8, 4) is 6.07 Å². The first-order valence-electron chi connectivity index (χ1n) is 9.21. The van der Waals surface area contributed by atoms with Gasteiger partial charge in [-0.2, -0.15) is 5.26 Å². The van der Waals surface area contributed by atoms with Gasteiger partial charge in [0.15, 0.2) is 5.11 Å². The molecule has 2 heterocycles. The highest BCUT2D eigenvalue weighted by atomic mass is 32.1. The number of thiocarbonyl (C=S) groups is 1. The lowest BCUT2D eigenvalue weighted by molar-refractivity contribution is 0.379.